The summed E-state index contributed by atoms with van der Waals surface area (Å²) in [5, 5.41) is 0. The summed E-state index contributed by atoms with van der Waals surface area (Å²) in [4.78, 5) is 0. The lowest BCUT2D eigenvalue weighted by Crippen LogP contribution is -2.18. The molecule has 0 radical (unpaired) electrons. The highest BCUT2D eigenvalue weighted by molar-refractivity contribution is 9.12. The van der Waals surface area contributed by atoms with E-state index in [0.29, 0.717) is 11.7 Å². The standard InChI is InChI=1S/C12H22B7Br/c13-3-8(17)11(12(19)9(18)4-14)5-1-10(20)7(16)2-6(5)15/h1-2,5-6H,3-4,13-19H2/b11-8+,12-9-. The van der Waals surface area contributed by atoms with E-state index in [-0.39, 0.29) is 0 Å². The first kappa shape index (κ1) is 17.9. The van der Waals surface area contributed by atoms with Gasteiger partial charge in [-0.15, -0.1) is 10.9 Å². The van der Waals surface area contributed by atoms with Gasteiger partial charge in [0.1, 0.15) is 54.9 Å². The number of hydrogen-bond acceptors (Lipinski definition) is 0. The topological polar surface area (TPSA) is 0 Å². The van der Waals surface area contributed by atoms with Crippen LogP contribution in [0.15, 0.2) is 44.1 Å². The van der Waals surface area contributed by atoms with Crippen LogP contribution in [0, 0.1) is 5.92 Å². The molecule has 0 spiro atoms. The molecule has 0 nitrogen and oxygen atoms in total. The van der Waals surface area contributed by atoms with Crippen LogP contribution < -0.4 is 0 Å². The molecule has 0 aromatic carbocycles. The van der Waals surface area contributed by atoms with Crippen LogP contribution in [-0.4, -0.2) is 54.9 Å². The lowest BCUT2D eigenvalue weighted by atomic mass is 9.59. The van der Waals surface area contributed by atoms with E-state index in [1.165, 1.54) is 26.4 Å². The molecule has 1 aliphatic rings. The highest BCUT2D eigenvalue weighted by Crippen LogP contribution is 2.39. The van der Waals surface area contributed by atoms with Gasteiger partial charge in [-0.25, -0.2) is 0 Å². The van der Waals surface area contributed by atoms with Crippen LogP contribution in [0.1, 0.15) is 0 Å². The molecule has 0 amide bonds. The van der Waals surface area contributed by atoms with E-state index < -0.39 is 0 Å². The molecule has 0 aromatic rings. The summed E-state index contributed by atoms with van der Waals surface area (Å²) in [6.45, 7) is 0. The Hall–Kier alpha value is -0.105. The van der Waals surface area contributed by atoms with Crippen molar-refractivity contribution in [1.82, 2.24) is 0 Å². The molecule has 1 rings (SSSR count). The summed E-state index contributed by atoms with van der Waals surface area (Å²) >= 11 is 3.72. The summed E-state index contributed by atoms with van der Waals surface area (Å²) in [6, 6.07) is 0. The van der Waals surface area contributed by atoms with Gasteiger partial charge in [0.2, 0.25) is 0 Å². The molecular weight excluding hydrogens is 300 g/mol. The number of hydrogen-bond donors (Lipinski definition) is 0. The minimum absolute atomic E-state index is 0.495. The van der Waals surface area contributed by atoms with E-state index in [9.17, 15) is 0 Å². The largest absolute Gasteiger partial charge is 0.140 e. The van der Waals surface area contributed by atoms with Crippen molar-refractivity contribution in [3.8, 4) is 0 Å². The van der Waals surface area contributed by atoms with Crippen LogP contribution in [-0.2, 0) is 0 Å². The van der Waals surface area contributed by atoms with E-state index in [1.54, 1.807) is 5.57 Å². The summed E-state index contributed by atoms with van der Waals surface area (Å²) < 4.78 is 1.25. The maximum absolute atomic E-state index is 3.72. The van der Waals surface area contributed by atoms with Crippen LogP contribution in [0.5, 0.6) is 0 Å². The fourth-order valence-electron chi connectivity index (χ4n) is 2.90. The first-order chi connectivity index (χ1) is 9.33. The normalized spacial score (nSPS) is 25.2. The number of allylic oxidation sites excluding steroid dienone is 8. The first-order valence-electron chi connectivity index (χ1n) is 7.75. The summed E-state index contributed by atoms with van der Waals surface area (Å²) in [5.41, 5.74) is 7.44. The smallest absolute Gasteiger partial charge is 0.124 e. The van der Waals surface area contributed by atoms with Crippen molar-refractivity contribution in [1.29, 1.82) is 0 Å². The Bertz CT molecular complexity index is 504. The van der Waals surface area contributed by atoms with Crippen LogP contribution in [0.2, 0.25) is 18.5 Å². The number of halogens is 1. The van der Waals surface area contributed by atoms with Crippen LogP contribution in [0.25, 0.3) is 0 Å². The van der Waals surface area contributed by atoms with Crippen LogP contribution in [0.3, 0.4) is 0 Å². The van der Waals surface area contributed by atoms with Gasteiger partial charge in [-0.1, -0.05) is 57.2 Å². The van der Waals surface area contributed by atoms with Crippen molar-refractivity contribution < 1.29 is 0 Å². The Morgan fingerprint density at radius 1 is 1.05 bits per heavy atom. The van der Waals surface area contributed by atoms with Gasteiger partial charge < -0.3 is 0 Å². The molecular formula is C12H22B7Br. The highest BCUT2D eigenvalue weighted by atomic mass is 79.9. The average molecular weight is 322 g/mol. The molecule has 2 atom stereocenters. The molecule has 0 aliphatic heterocycles. The molecule has 0 heterocycles. The van der Waals surface area contributed by atoms with Crippen molar-refractivity contribution in [3.05, 3.63) is 44.1 Å². The Labute approximate surface area is 139 Å². The molecule has 0 saturated carbocycles. The third kappa shape index (κ3) is 3.96. The van der Waals surface area contributed by atoms with E-state index in [2.05, 4.69) is 83.0 Å². The second-order valence-electron chi connectivity index (χ2n) is 6.06. The summed E-state index contributed by atoms with van der Waals surface area (Å²) in [5.74, 6) is 1.06. The number of rotatable bonds is 4. The van der Waals surface area contributed by atoms with Gasteiger partial charge >= 0.3 is 0 Å². The predicted molar refractivity (Wildman–Crippen MR) is 116 cm³/mol. The average Bonchev–Trinajstić information content (AvgIpc) is 2.43. The van der Waals surface area contributed by atoms with Gasteiger partial charge in [0.25, 0.3) is 0 Å². The Kier molecular flexibility index (Phi) is 6.98. The van der Waals surface area contributed by atoms with Crippen molar-refractivity contribution in [2.75, 3.05) is 0 Å². The van der Waals surface area contributed by atoms with Crippen molar-refractivity contribution in [2.24, 2.45) is 5.92 Å². The summed E-state index contributed by atoms with van der Waals surface area (Å²) in [6.07, 6.45) is 7.06. The maximum Gasteiger partial charge on any atom is 0.140 e. The predicted octanol–water partition coefficient (Wildman–Crippen LogP) is -2.70. The van der Waals surface area contributed by atoms with Crippen molar-refractivity contribution in [2.45, 2.75) is 18.5 Å². The van der Waals surface area contributed by atoms with Gasteiger partial charge in [0, 0.05) is 10.4 Å². The third-order valence-electron chi connectivity index (χ3n) is 4.68. The van der Waals surface area contributed by atoms with Gasteiger partial charge in [-0.3, -0.25) is 0 Å². The van der Waals surface area contributed by atoms with Gasteiger partial charge in [0.15, 0.2) is 0 Å². The zero-order chi connectivity index (χ0) is 15.4. The lowest BCUT2D eigenvalue weighted by molar-refractivity contribution is 0.772. The molecule has 20 heavy (non-hydrogen) atoms. The quantitative estimate of drug-likeness (QED) is 0.391. The van der Waals surface area contributed by atoms with Crippen molar-refractivity contribution >= 4 is 70.9 Å². The second kappa shape index (κ2) is 7.78. The molecule has 2 unspecified atom stereocenters. The zero-order valence-corrected chi connectivity index (χ0v) is 15.7. The first-order valence-corrected chi connectivity index (χ1v) is 8.55. The fraction of sp³-hybridized carbons (Fsp3) is 0.333. The van der Waals surface area contributed by atoms with Crippen LogP contribution >= 0.6 is 15.9 Å². The SMILES string of the molecule is BC/C(B)=C(B)\C(=C(\B)CB)C1C=C(Br)C(B)=CC1B. The molecule has 0 N–H and O–H groups in total. The monoisotopic (exact) mass is 322 g/mol. The Morgan fingerprint density at radius 2 is 1.60 bits per heavy atom. The minimum atomic E-state index is 0.495. The maximum atomic E-state index is 3.72. The molecule has 0 aromatic heterocycles. The fourth-order valence-corrected chi connectivity index (χ4v) is 3.32. The zero-order valence-electron chi connectivity index (χ0n) is 14.1. The highest BCUT2D eigenvalue weighted by Gasteiger charge is 2.24. The van der Waals surface area contributed by atoms with Gasteiger partial charge in [-0.05, 0) is 5.82 Å². The van der Waals surface area contributed by atoms with E-state index in [4.69, 9.17) is 0 Å². The summed E-state index contributed by atoms with van der Waals surface area (Å²) in [7, 11) is 15.9. The minimum Gasteiger partial charge on any atom is -0.124 e. The molecule has 0 fully saturated rings. The Morgan fingerprint density at radius 3 is 2.10 bits per heavy atom. The Balaban J connectivity index is 3.36. The molecule has 8 heteroatoms. The van der Waals surface area contributed by atoms with E-state index in [1.807, 2.05) is 0 Å². The molecule has 1 aliphatic carbocycles. The molecule has 0 saturated heterocycles. The van der Waals surface area contributed by atoms with Crippen molar-refractivity contribution in [3.63, 3.8) is 0 Å². The molecule has 0 bridgehead atoms. The van der Waals surface area contributed by atoms with E-state index in [0.717, 1.165) is 12.6 Å². The van der Waals surface area contributed by atoms with Gasteiger partial charge in [-0.2, -0.15) is 0 Å². The van der Waals surface area contributed by atoms with Crippen LogP contribution in [0.4, 0.5) is 0 Å². The van der Waals surface area contributed by atoms with E-state index >= 15 is 0 Å². The molecule has 98 valence electrons. The third-order valence-corrected chi connectivity index (χ3v) is 5.57. The van der Waals surface area contributed by atoms with Gasteiger partial charge in [0.05, 0.1) is 0 Å². The second-order valence-corrected chi connectivity index (χ2v) is 6.91. The lowest BCUT2D eigenvalue weighted by Gasteiger charge is -2.30.